The van der Waals surface area contributed by atoms with Crippen molar-refractivity contribution >= 4 is 40.4 Å². The normalized spacial score (nSPS) is 14.8. The van der Waals surface area contributed by atoms with Gasteiger partial charge in [0.05, 0.1) is 10.6 Å². The molecule has 7 nitrogen and oxygen atoms in total. The smallest absolute Gasteiger partial charge is 0.298 e. The van der Waals surface area contributed by atoms with Crippen molar-refractivity contribution in [2.45, 2.75) is 6.92 Å². The number of aryl methyl sites for hydroxylation is 1. The monoisotopic (exact) mass is 371 g/mol. The number of rotatable bonds is 3. The zero-order chi connectivity index (χ0) is 18.3. The molecular formula is C18H18ClN5O2. The van der Waals surface area contributed by atoms with Gasteiger partial charge in [0.2, 0.25) is 5.91 Å². The Morgan fingerprint density at radius 1 is 1.19 bits per heavy atom. The zero-order valence-electron chi connectivity index (χ0n) is 14.3. The van der Waals surface area contributed by atoms with E-state index in [1.807, 2.05) is 25.1 Å². The average Bonchev–Trinajstić information content (AvgIpc) is 3.05. The predicted octanol–water partition coefficient (Wildman–Crippen LogP) is 2.61. The van der Waals surface area contributed by atoms with Crippen LogP contribution in [0.25, 0.3) is 11.1 Å². The number of halogens is 1. The Kier molecular flexibility index (Phi) is 4.16. The third-order valence-electron chi connectivity index (χ3n) is 4.49. The van der Waals surface area contributed by atoms with Gasteiger partial charge in [-0.2, -0.15) is 4.98 Å². The highest BCUT2D eigenvalue weighted by atomic mass is 35.5. The number of benzene rings is 1. The highest BCUT2D eigenvalue weighted by molar-refractivity contribution is 6.33. The molecule has 1 aromatic carbocycles. The Labute approximate surface area is 155 Å². The lowest BCUT2D eigenvalue weighted by Crippen LogP contribution is -2.47. The number of carbonyl (C=O) groups is 1. The minimum Gasteiger partial charge on any atom is -0.423 e. The number of amides is 1. The summed E-state index contributed by atoms with van der Waals surface area (Å²) in [7, 11) is 0. The van der Waals surface area contributed by atoms with Gasteiger partial charge in [-0.1, -0.05) is 17.7 Å². The van der Waals surface area contributed by atoms with Crippen molar-refractivity contribution < 1.29 is 9.21 Å². The van der Waals surface area contributed by atoms with E-state index in [1.165, 1.54) is 6.20 Å². The minimum atomic E-state index is -0.540. The van der Waals surface area contributed by atoms with E-state index in [4.69, 9.17) is 21.8 Å². The number of primary amides is 1. The highest BCUT2D eigenvalue weighted by Gasteiger charge is 2.23. The standard InChI is InChI=1S/C18H18ClN5O2/c1-11-2-3-15-14(8-11)22-18(26-15)24-6-4-23(5-7-24)17-13(19)9-12(10-21-17)16(20)25/h2-3,8-10H,4-7H2,1H3,(H2,20,25). The molecule has 0 unspecified atom stereocenters. The summed E-state index contributed by atoms with van der Waals surface area (Å²) in [5.74, 6) is 0.117. The third-order valence-corrected chi connectivity index (χ3v) is 4.77. The van der Waals surface area contributed by atoms with Crippen LogP contribution >= 0.6 is 11.6 Å². The van der Waals surface area contributed by atoms with Crippen molar-refractivity contribution in [1.82, 2.24) is 9.97 Å². The van der Waals surface area contributed by atoms with Crippen molar-refractivity contribution in [3.05, 3.63) is 46.6 Å². The molecule has 2 N–H and O–H groups in total. The van der Waals surface area contributed by atoms with E-state index in [-0.39, 0.29) is 0 Å². The van der Waals surface area contributed by atoms with Gasteiger partial charge >= 0.3 is 0 Å². The molecule has 0 atom stereocenters. The summed E-state index contributed by atoms with van der Waals surface area (Å²) in [5.41, 5.74) is 8.38. The Morgan fingerprint density at radius 2 is 1.92 bits per heavy atom. The van der Waals surface area contributed by atoms with E-state index >= 15 is 0 Å². The van der Waals surface area contributed by atoms with Crippen molar-refractivity contribution in [3.8, 4) is 0 Å². The summed E-state index contributed by atoms with van der Waals surface area (Å²) in [6.07, 6.45) is 1.46. The number of hydrogen-bond donors (Lipinski definition) is 1. The van der Waals surface area contributed by atoms with Gasteiger partial charge in [-0.3, -0.25) is 4.79 Å². The molecule has 0 aliphatic carbocycles. The lowest BCUT2D eigenvalue weighted by Gasteiger charge is -2.34. The van der Waals surface area contributed by atoms with Crippen LogP contribution in [0.15, 0.2) is 34.9 Å². The molecule has 1 aliphatic heterocycles. The number of fused-ring (bicyclic) bond motifs is 1. The number of carbonyl (C=O) groups excluding carboxylic acids is 1. The molecule has 0 spiro atoms. The van der Waals surface area contributed by atoms with Crippen LogP contribution < -0.4 is 15.5 Å². The zero-order valence-corrected chi connectivity index (χ0v) is 15.0. The minimum absolute atomic E-state index is 0.305. The molecule has 1 aliphatic rings. The van der Waals surface area contributed by atoms with Crippen LogP contribution in [-0.4, -0.2) is 42.1 Å². The molecule has 2 aromatic heterocycles. The second-order valence-electron chi connectivity index (χ2n) is 6.34. The summed E-state index contributed by atoms with van der Waals surface area (Å²) in [6, 6.07) is 8.16. The van der Waals surface area contributed by atoms with Crippen molar-refractivity contribution in [1.29, 1.82) is 0 Å². The van der Waals surface area contributed by atoms with Crippen LogP contribution in [0.3, 0.4) is 0 Å². The third kappa shape index (κ3) is 3.06. The Morgan fingerprint density at radius 3 is 2.62 bits per heavy atom. The van der Waals surface area contributed by atoms with Crippen LogP contribution in [0.5, 0.6) is 0 Å². The second kappa shape index (κ2) is 6.49. The molecule has 1 amide bonds. The van der Waals surface area contributed by atoms with E-state index < -0.39 is 5.91 Å². The molecular weight excluding hydrogens is 354 g/mol. The van der Waals surface area contributed by atoms with Crippen LogP contribution in [0.1, 0.15) is 15.9 Å². The van der Waals surface area contributed by atoms with E-state index in [9.17, 15) is 4.79 Å². The molecule has 4 rings (SSSR count). The summed E-state index contributed by atoms with van der Waals surface area (Å²) in [5, 5.41) is 0.423. The van der Waals surface area contributed by atoms with Crippen molar-refractivity contribution in [2.24, 2.45) is 5.73 Å². The van der Waals surface area contributed by atoms with Crippen LogP contribution in [0, 0.1) is 6.92 Å². The average molecular weight is 372 g/mol. The lowest BCUT2D eigenvalue weighted by atomic mass is 10.2. The molecule has 26 heavy (non-hydrogen) atoms. The van der Waals surface area contributed by atoms with E-state index in [2.05, 4.69) is 19.8 Å². The maximum Gasteiger partial charge on any atom is 0.298 e. The van der Waals surface area contributed by atoms with Gasteiger partial charge in [0.1, 0.15) is 11.3 Å². The van der Waals surface area contributed by atoms with Gasteiger partial charge in [0.25, 0.3) is 6.01 Å². The van der Waals surface area contributed by atoms with Gasteiger partial charge in [-0.25, -0.2) is 4.98 Å². The first kappa shape index (κ1) is 16.7. The van der Waals surface area contributed by atoms with E-state index in [0.29, 0.717) is 22.4 Å². The highest BCUT2D eigenvalue weighted by Crippen LogP contribution is 2.27. The summed E-state index contributed by atoms with van der Waals surface area (Å²) in [4.78, 5) is 24.3. The molecule has 0 saturated carbocycles. The molecule has 3 aromatic rings. The van der Waals surface area contributed by atoms with Gasteiger partial charge < -0.3 is 20.0 Å². The quantitative estimate of drug-likeness (QED) is 0.761. The first-order valence-corrected chi connectivity index (χ1v) is 8.71. The maximum absolute atomic E-state index is 11.2. The van der Waals surface area contributed by atoms with Crippen LogP contribution in [0.4, 0.5) is 11.8 Å². The lowest BCUT2D eigenvalue weighted by molar-refractivity contribution is 0.1000. The molecule has 0 radical (unpaired) electrons. The molecule has 3 heterocycles. The van der Waals surface area contributed by atoms with Gasteiger partial charge in [0.15, 0.2) is 5.58 Å². The summed E-state index contributed by atoms with van der Waals surface area (Å²) < 4.78 is 5.87. The Bertz CT molecular complexity index is 979. The number of anilines is 2. The second-order valence-corrected chi connectivity index (χ2v) is 6.74. The summed E-state index contributed by atoms with van der Waals surface area (Å²) >= 11 is 6.27. The number of nitrogens with zero attached hydrogens (tertiary/aromatic N) is 4. The maximum atomic E-state index is 11.2. The molecule has 8 heteroatoms. The fourth-order valence-electron chi connectivity index (χ4n) is 3.07. The first-order valence-electron chi connectivity index (χ1n) is 8.34. The fraction of sp³-hybridized carbons (Fsp3) is 0.278. The number of nitrogens with two attached hydrogens (primary N) is 1. The molecule has 134 valence electrons. The first-order chi connectivity index (χ1) is 12.5. The number of piperazine rings is 1. The van der Waals surface area contributed by atoms with E-state index in [0.717, 1.165) is 42.8 Å². The molecule has 1 saturated heterocycles. The largest absolute Gasteiger partial charge is 0.423 e. The Balaban J connectivity index is 1.49. The molecule has 0 bridgehead atoms. The topological polar surface area (TPSA) is 88.5 Å². The molecule has 1 fully saturated rings. The number of hydrogen-bond acceptors (Lipinski definition) is 6. The number of pyridine rings is 1. The SMILES string of the molecule is Cc1ccc2oc(N3CCN(c4ncc(C(N)=O)cc4Cl)CC3)nc2c1. The number of oxazole rings is 1. The fourth-order valence-corrected chi connectivity index (χ4v) is 3.35. The van der Waals surface area contributed by atoms with Crippen molar-refractivity contribution in [3.63, 3.8) is 0 Å². The van der Waals surface area contributed by atoms with Gasteiger partial charge in [0, 0.05) is 32.4 Å². The van der Waals surface area contributed by atoms with E-state index in [1.54, 1.807) is 6.07 Å². The predicted molar refractivity (Wildman–Crippen MR) is 101 cm³/mol. The van der Waals surface area contributed by atoms with Gasteiger partial charge in [-0.15, -0.1) is 0 Å². The van der Waals surface area contributed by atoms with Crippen LogP contribution in [-0.2, 0) is 0 Å². The number of aromatic nitrogens is 2. The Hall–Kier alpha value is -2.80. The van der Waals surface area contributed by atoms with Crippen molar-refractivity contribution in [2.75, 3.05) is 36.0 Å². The van der Waals surface area contributed by atoms with Crippen LogP contribution in [0.2, 0.25) is 5.02 Å². The summed E-state index contributed by atoms with van der Waals surface area (Å²) in [6.45, 7) is 4.95. The van der Waals surface area contributed by atoms with Gasteiger partial charge in [-0.05, 0) is 30.7 Å².